The lowest BCUT2D eigenvalue weighted by Crippen LogP contribution is -2.42. The normalized spacial score (nSPS) is 20.1. The minimum absolute atomic E-state index is 0.440. The monoisotopic (exact) mass is 243 g/mol. The number of ether oxygens (including phenoxy) is 1. The van der Waals surface area contributed by atoms with E-state index in [2.05, 4.69) is 22.5 Å². The lowest BCUT2D eigenvalue weighted by molar-refractivity contribution is -0.0565. The molecule has 0 bridgehead atoms. The number of aliphatic imine (C=N–C) groups is 1. The van der Waals surface area contributed by atoms with Crippen molar-refractivity contribution >= 4 is 5.96 Å². The molecule has 1 aliphatic rings. The second kappa shape index (κ2) is 7.50. The van der Waals surface area contributed by atoms with Crippen LogP contribution in [0.15, 0.2) is 4.99 Å². The fraction of sp³-hybridized carbons (Fsp3) is 0.917. The first-order valence-corrected chi connectivity index (χ1v) is 6.52. The molecule has 0 saturated carbocycles. The van der Waals surface area contributed by atoms with Crippen molar-refractivity contribution in [3.8, 4) is 0 Å². The van der Waals surface area contributed by atoms with Crippen molar-refractivity contribution in [3.05, 3.63) is 0 Å². The minimum atomic E-state index is -0.688. The predicted molar refractivity (Wildman–Crippen MR) is 69.3 cm³/mol. The molecule has 1 saturated heterocycles. The third kappa shape index (κ3) is 5.37. The van der Waals surface area contributed by atoms with Gasteiger partial charge in [0, 0.05) is 39.1 Å². The number of hydrogen-bond donors (Lipinski definition) is 3. The molecular weight excluding hydrogens is 218 g/mol. The zero-order chi connectivity index (χ0) is 12.6. The molecule has 100 valence electrons. The molecule has 0 aromatic rings. The third-order valence-corrected chi connectivity index (χ3v) is 2.84. The van der Waals surface area contributed by atoms with Gasteiger partial charge in [0.05, 0.1) is 12.1 Å². The molecule has 3 N–H and O–H groups in total. The standard InChI is InChI=1S/C12H25N3O2/c1-3-7-14-11(13-4-2)15-10-12(16)5-8-17-9-6-12/h16H,3-10H2,1-2H3,(H2,13,14,15). The average molecular weight is 243 g/mol. The zero-order valence-electron chi connectivity index (χ0n) is 11.0. The number of aliphatic hydroxyl groups is 1. The topological polar surface area (TPSA) is 65.9 Å². The van der Waals surface area contributed by atoms with Crippen LogP contribution in [0.4, 0.5) is 0 Å². The summed E-state index contributed by atoms with van der Waals surface area (Å²) < 4.78 is 5.24. The van der Waals surface area contributed by atoms with Crippen molar-refractivity contribution in [2.45, 2.75) is 38.7 Å². The minimum Gasteiger partial charge on any atom is -0.388 e. The lowest BCUT2D eigenvalue weighted by Gasteiger charge is -2.30. The Morgan fingerprint density at radius 2 is 2.00 bits per heavy atom. The number of rotatable bonds is 5. The molecule has 0 radical (unpaired) electrons. The molecule has 0 amide bonds. The van der Waals surface area contributed by atoms with Crippen LogP contribution in [0.25, 0.3) is 0 Å². The van der Waals surface area contributed by atoms with Crippen molar-refractivity contribution in [2.75, 3.05) is 32.8 Å². The maximum absolute atomic E-state index is 10.3. The summed E-state index contributed by atoms with van der Waals surface area (Å²) in [6.07, 6.45) is 2.40. The summed E-state index contributed by atoms with van der Waals surface area (Å²) >= 11 is 0. The summed E-state index contributed by atoms with van der Waals surface area (Å²) in [6.45, 7) is 7.57. The van der Waals surface area contributed by atoms with Gasteiger partial charge < -0.3 is 20.5 Å². The Bertz CT molecular complexity index is 238. The van der Waals surface area contributed by atoms with E-state index in [-0.39, 0.29) is 0 Å². The number of guanidine groups is 1. The van der Waals surface area contributed by atoms with Gasteiger partial charge in [0.2, 0.25) is 0 Å². The van der Waals surface area contributed by atoms with Crippen LogP contribution >= 0.6 is 0 Å². The summed E-state index contributed by atoms with van der Waals surface area (Å²) in [5.74, 6) is 0.786. The molecule has 0 unspecified atom stereocenters. The summed E-state index contributed by atoms with van der Waals surface area (Å²) in [7, 11) is 0. The van der Waals surface area contributed by atoms with Crippen LogP contribution in [-0.2, 0) is 4.74 Å². The van der Waals surface area contributed by atoms with Crippen molar-refractivity contribution < 1.29 is 9.84 Å². The maximum Gasteiger partial charge on any atom is 0.191 e. The SMILES string of the molecule is CCCNC(=NCC1(O)CCOCC1)NCC. The van der Waals surface area contributed by atoms with Crippen LogP contribution in [0.2, 0.25) is 0 Å². The van der Waals surface area contributed by atoms with Crippen LogP contribution in [-0.4, -0.2) is 49.5 Å². The van der Waals surface area contributed by atoms with Crippen molar-refractivity contribution in [1.82, 2.24) is 10.6 Å². The van der Waals surface area contributed by atoms with Crippen LogP contribution in [0, 0.1) is 0 Å². The molecule has 5 nitrogen and oxygen atoms in total. The van der Waals surface area contributed by atoms with E-state index in [4.69, 9.17) is 4.74 Å². The first kappa shape index (κ1) is 14.3. The van der Waals surface area contributed by atoms with E-state index in [1.54, 1.807) is 0 Å². The lowest BCUT2D eigenvalue weighted by atomic mass is 9.95. The molecule has 0 aromatic carbocycles. The van der Waals surface area contributed by atoms with Gasteiger partial charge in [-0.15, -0.1) is 0 Å². The van der Waals surface area contributed by atoms with Gasteiger partial charge in [-0.05, 0) is 13.3 Å². The first-order chi connectivity index (χ1) is 8.20. The van der Waals surface area contributed by atoms with Crippen LogP contribution in [0.3, 0.4) is 0 Å². The summed E-state index contributed by atoms with van der Waals surface area (Å²) in [5.41, 5.74) is -0.688. The van der Waals surface area contributed by atoms with Gasteiger partial charge in [0.1, 0.15) is 0 Å². The van der Waals surface area contributed by atoms with E-state index in [1.807, 2.05) is 6.92 Å². The quantitative estimate of drug-likeness (QED) is 0.486. The first-order valence-electron chi connectivity index (χ1n) is 6.52. The Balaban J connectivity index is 2.45. The number of hydrogen-bond acceptors (Lipinski definition) is 3. The number of nitrogens with one attached hydrogen (secondary N) is 2. The Morgan fingerprint density at radius 3 is 2.59 bits per heavy atom. The summed E-state index contributed by atoms with van der Waals surface area (Å²) in [4.78, 5) is 4.44. The average Bonchev–Trinajstić information content (AvgIpc) is 2.34. The molecule has 1 heterocycles. The Hall–Kier alpha value is -0.810. The van der Waals surface area contributed by atoms with Gasteiger partial charge in [-0.3, -0.25) is 4.99 Å². The van der Waals surface area contributed by atoms with Crippen molar-refractivity contribution in [3.63, 3.8) is 0 Å². The van der Waals surface area contributed by atoms with Gasteiger partial charge in [0.15, 0.2) is 5.96 Å². The van der Waals surface area contributed by atoms with Gasteiger partial charge in [-0.25, -0.2) is 0 Å². The molecular formula is C12H25N3O2. The van der Waals surface area contributed by atoms with E-state index in [1.165, 1.54) is 0 Å². The smallest absolute Gasteiger partial charge is 0.191 e. The molecule has 0 spiro atoms. The molecule has 0 atom stereocenters. The Morgan fingerprint density at radius 1 is 1.29 bits per heavy atom. The highest BCUT2D eigenvalue weighted by Gasteiger charge is 2.29. The third-order valence-electron chi connectivity index (χ3n) is 2.84. The summed E-state index contributed by atoms with van der Waals surface area (Å²) in [6, 6.07) is 0. The summed E-state index contributed by atoms with van der Waals surface area (Å²) in [5, 5.41) is 16.7. The van der Waals surface area contributed by atoms with Crippen LogP contribution in [0.1, 0.15) is 33.1 Å². The van der Waals surface area contributed by atoms with Gasteiger partial charge in [-0.2, -0.15) is 0 Å². The van der Waals surface area contributed by atoms with E-state index >= 15 is 0 Å². The van der Waals surface area contributed by atoms with E-state index in [0.717, 1.165) is 25.5 Å². The molecule has 5 heteroatoms. The van der Waals surface area contributed by atoms with Gasteiger partial charge in [-0.1, -0.05) is 6.92 Å². The Kier molecular flexibility index (Phi) is 6.29. The van der Waals surface area contributed by atoms with Crippen LogP contribution in [0.5, 0.6) is 0 Å². The molecule has 1 rings (SSSR count). The second-order valence-electron chi connectivity index (χ2n) is 4.46. The number of nitrogens with zero attached hydrogens (tertiary/aromatic N) is 1. The fourth-order valence-corrected chi connectivity index (χ4v) is 1.72. The maximum atomic E-state index is 10.3. The highest BCUT2D eigenvalue weighted by molar-refractivity contribution is 5.79. The second-order valence-corrected chi connectivity index (χ2v) is 4.46. The van der Waals surface area contributed by atoms with E-state index < -0.39 is 5.60 Å². The molecule has 1 aliphatic heterocycles. The van der Waals surface area contributed by atoms with Gasteiger partial charge >= 0.3 is 0 Å². The molecule has 0 aromatic heterocycles. The van der Waals surface area contributed by atoms with Crippen LogP contribution < -0.4 is 10.6 Å². The largest absolute Gasteiger partial charge is 0.388 e. The molecule has 1 fully saturated rings. The van der Waals surface area contributed by atoms with E-state index in [0.29, 0.717) is 32.6 Å². The molecule has 17 heavy (non-hydrogen) atoms. The fourth-order valence-electron chi connectivity index (χ4n) is 1.72. The zero-order valence-corrected chi connectivity index (χ0v) is 11.0. The highest BCUT2D eigenvalue weighted by atomic mass is 16.5. The van der Waals surface area contributed by atoms with Gasteiger partial charge in [0.25, 0.3) is 0 Å². The Labute approximate surface area is 104 Å². The predicted octanol–water partition coefficient (Wildman–Crippen LogP) is 0.493. The van der Waals surface area contributed by atoms with E-state index in [9.17, 15) is 5.11 Å². The molecule has 0 aliphatic carbocycles. The highest BCUT2D eigenvalue weighted by Crippen LogP contribution is 2.20. The van der Waals surface area contributed by atoms with Crippen molar-refractivity contribution in [2.24, 2.45) is 4.99 Å². The van der Waals surface area contributed by atoms with Crippen molar-refractivity contribution in [1.29, 1.82) is 0 Å².